The van der Waals surface area contributed by atoms with Crippen molar-refractivity contribution in [2.75, 3.05) is 26.2 Å². The van der Waals surface area contributed by atoms with Crippen molar-refractivity contribution in [3.05, 3.63) is 30.1 Å². The molecular weight excluding hydrogens is 284 g/mol. The van der Waals surface area contributed by atoms with Gasteiger partial charge in [-0.25, -0.2) is 4.98 Å². The molecule has 0 saturated carbocycles. The highest BCUT2D eigenvalue weighted by Crippen LogP contribution is 2.27. The van der Waals surface area contributed by atoms with Crippen LogP contribution in [0.1, 0.15) is 38.4 Å². The summed E-state index contributed by atoms with van der Waals surface area (Å²) in [6.45, 7) is 10.4. The normalized spacial score (nSPS) is 27.2. The summed E-state index contributed by atoms with van der Waals surface area (Å²) in [6, 6.07) is 9.21. The molecule has 4 nitrogen and oxygen atoms in total. The summed E-state index contributed by atoms with van der Waals surface area (Å²) in [5.74, 6) is 2.56. The van der Waals surface area contributed by atoms with E-state index in [1.807, 2.05) is 0 Å². The molecule has 2 bridgehead atoms. The first-order valence-corrected chi connectivity index (χ1v) is 9.13. The Balaban J connectivity index is 1.46. The lowest BCUT2D eigenvalue weighted by Gasteiger charge is -2.45. The van der Waals surface area contributed by atoms with Gasteiger partial charge in [0.1, 0.15) is 5.82 Å². The summed E-state index contributed by atoms with van der Waals surface area (Å²) in [7, 11) is 0. The predicted molar refractivity (Wildman–Crippen MR) is 94.8 cm³/mol. The molecule has 3 aliphatic rings. The second kappa shape index (κ2) is 6.25. The van der Waals surface area contributed by atoms with Gasteiger partial charge in [0, 0.05) is 31.6 Å². The Kier molecular flexibility index (Phi) is 4.12. The van der Waals surface area contributed by atoms with E-state index in [1.54, 1.807) is 0 Å². The molecule has 4 heteroatoms. The highest BCUT2D eigenvalue weighted by Gasteiger charge is 2.33. The van der Waals surface area contributed by atoms with Crippen LogP contribution in [0.25, 0.3) is 11.0 Å². The molecule has 1 aromatic carbocycles. The van der Waals surface area contributed by atoms with Gasteiger partial charge in [-0.15, -0.1) is 0 Å². The first-order valence-electron chi connectivity index (χ1n) is 9.13. The smallest absolute Gasteiger partial charge is 0.112 e. The van der Waals surface area contributed by atoms with Gasteiger partial charge in [0.2, 0.25) is 0 Å². The van der Waals surface area contributed by atoms with E-state index < -0.39 is 0 Å². The number of hydrogen-bond donors (Lipinski definition) is 1. The van der Waals surface area contributed by atoms with Crippen molar-refractivity contribution in [1.82, 2.24) is 19.8 Å². The summed E-state index contributed by atoms with van der Waals surface area (Å²) in [5.41, 5.74) is 2.39. The maximum absolute atomic E-state index is 4.84. The van der Waals surface area contributed by atoms with Crippen LogP contribution in [0.5, 0.6) is 0 Å². The SMILES string of the molecule is CC(C)c1nc2ccccc2n1CCN[C@@H]1CN2CCC1CC2. The lowest BCUT2D eigenvalue weighted by Crippen LogP contribution is -2.56. The van der Waals surface area contributed by atoms with Crippen LogP contribution in [0.4, 0.5) is 0 Å². The van der Waals surface area contributed by atoms with Gasteiger partial charge in [-0.2, -0.15) is 0 Å². The average molecular weight is 312 g/mol. The van der Waals surface area contributed by atoms with Crippen LogP contribution in [0.3, 0.4) is 0 Å². The van der Waals surface area contributed by atoms with Gasteiger partial charge in [0.25, 0.3) is 0 Å². The van der Waals surface area contributed by atoms with Crippen LogP contribution < -0.4 is 5.32 Å². The van der Waals surface area contributed by atoms with E-state index in [1.165, 1.54) is 43.8 Å². The monoisotopic (exact) mass is 312 g/mol. The van der Waals surface area contributed by atoms with Crippen molar-refractivity contribution in [3.8, 4) is 0 Å². The molecule has 2 aromatic rings. The Bertz CT molecular complexity index is 667. The molecule has 3 aliphatic heterocycles. The number of rotatable bonds is 5. The van der Waals surface area contributed by atoms with Gasteiger partial charge < -0.3 is 14.8 Å². The van der Waals surface area contributed by atoms with Gasteiger partial charge in [-0.3, -0.25) is 0 Å². The molecular formula is C19H28N4. The van der Waals surface area contributed by atoms with Crippen molar-refractivity contribution in [2.24, 2.45) is 5.92 Å². The molecule has 0 radical (unpaired) electrons. The Morgan fingerprint density at radius 3 is 2.70 bits per heavy atom. The fraction of sp³-hybridized carbons (Fsp3) is 0.632. The van der Waals surface area contributed by atoms with Crippen LogP contribution in [0.2, 0.25) is 0 Å². The second-order valence-electron chi connectivity index (χ2n) is 7.46. The van der Waals surface area contributed by atoms with Crippen molar-refractivity contribution in [2.45, 2.75) is 45.2 Å². The number of aromatic nitrogens is 2. The number of fused-ring (bicyclic) bond motifs is 4. The van der Waals surface area contributed by atoms with E-state index in [-0.39, 0.29) is 0 Å². The molecule has 0 spiro atoms. The molecule has 0 aliphatic carbocycles. The van der Waals surface area contributed by atoms with Crippen molar-refractivity contribution in [3.63, 3.8) is 0 Å². The molecule has 3 fully saturated rings. The Morgan fingerprint density at radius 2 is 2.00 bits per heavy atom. The molecule has 3 saturated heterocycles. The van der Waals surface area contributed by atoms with Gasteiger partial charge in [-0.1, -0.05) is 26.0 Å². The molecule has 124 valence electrons. The standard InChI is InChI=1S/C19H28N4/c1-14(2)19-21-16-5-3-4-6-18(16)23(19)12-9-20-17-13-22-10-7-15(17)8-11-22/h3-6,14-15,17,20H,7-13H2,1-2H3/t17-/m1/s1. The van der Waals surface area contributed by atoms with Crippen LogP contribution in [-0.4, -0.2) is 46.7 Å². The molecule has 23 heavy (non-hydrogen) atoms. The summed E-state index contributed by atoms with van der Waals surface area (Å²) < 4.78 is 2.41. The average Bonchev–Trinajstić information content (AvgIpc) is 2.95. The lowest BCUT2D eigenvalue weighted by molar-refractivity contribution is 0.0725. The maximum Gasteiger partial charge on any atom is 0.112 e. The molecule has 0 amide bonds. The number of benzene rings is 1. The number of hydrogen-bond acceptors (Lipinski definition) is 3. The fourth-order valence-electron chi connectivity index (χ4n) is 4.33. The fourth-order valence-corrected chi connectivity index (χ4v) is 4.33. The minimum atomic E-state index is 0.458. The van der Waals surface area contributed by atoms with Crippen LogP contribution in [0, 0.1) is 5.92 Å². The summed E-state index contributed by atoms with van der Waals surface area (Å²) in [6.07, 6.45) is 2.76. The number of imidazole rings is 1. The van der Waals surface area contributed by atoms with E-state index >= 15 is 0 Å². The minimum Gasteiger partial charge on any atom is -0.326 e. The van der Waals surface area contributed by atoms with Gasteiger partial charge in [0.05, 0.1) is 11.0 Å². The van der Waals surface area contributed by atoms with Crippen molar-refractivity contribution in [1.29, 1.82) is 0 Å². The third kappa shape index (κ3) is 2.90. The van der Waals surface area contributed by atoms with E-state index in [9.17, 15) is 0 Å². The first-order chi connectivity index (χ1) is 11.2. The van der Waals surface area contributed by atoms with E-state index in [2.05, 4.69) is 52.9 Å². The molecule has 4 heterocycles. The summed E-state index contributed by atoms with van der Waals surface area (Å²) >= 11 is 0. The minimum absolute atomic E-state index is 0.458. The van der Waals surface area contributed by atoms with E-state index in [0.29, 0.717) is 12.0 Å². The van der Waals surface area contributed by atoms with Crippen LogP contribution in [0.15, 0.2) is 24.3 Å². The Labute approximate surface area is 138 Å². The van der Waals surface area contributed by atoms with E-state index in [0.717, 1.165) is 24.5 Å². The largest absolute Gasteiger partial charge is 0.326 e. The van der Waals surface area contributed by atoms with Gasteiger partial charge >= 0.3 is 0 Å². The van der Waals surface area contributed by atoms with Gasteiger partial charge in [-0.05, 0) is 44.0 Å². The Hall–Kier alpha value is -1.39. The lowest BCUT2D eigenvalue weighted by atomic mass is 9.84. The van der Waals surface area contributed by atoms with E-state index in [4.69, 9.17) is 4.98 Å². The number of para-hydroxylation sites is 2. The highest BCUT2D eigenvalue weighted by molar-refractivity contribution is 5.76. The quantitative estimate of drug-likeness (QED) is 0.921. The third-order valence-electron chi connectivity index (χ3n) is 5.60. The molecule has 5 rings (SSSR count). The molecule has 1 aromatic heterocycles. The summed E-state index contributed by atoms with van der Waals surface area (Å²) in [5, 5.41) is 3.83. The van der Waals surface area contributed by atoms with Gasteiger partial charge in [0.15, 0.2) is 0 Å². The second-order valence-corrected chi connectivity index (χ2v) is 7.46. The van der Waals surface area contributed by atoms with Crippen LogP contribution >= 0.6 is 0 Å². The molecule has 1 N–H and O–H groups in total. The zero-order chi connectivity index (χ0) is 15.8. The number of nitrogens with one attached hydrogen (secondary N) is 1. The molecule has 0 unspecified atom stereocenters. The zero-order valence-corrected chi connectivity index (χ0v) is 14.3. The highest BCUT2D eigenvalue weighted by atomic mass is 15.2. The topological polar surface area (TPSA) is 33.1 Å². The summed E-state index contributed by atoms with van der Waals surface area (Å²) in [4.78, 5) is 7.46. The number of piperidine rings is 3. The Morgan fingerprint density at radius 1 is 1.22 bits per heavy atom. The van der Waals surface area contributed by atoms with Crippen molar-refractivity contribution >= 4 is 11.0 Å². The van der Waals surface area contributed by atoms with Crippen LogP contribution in [-0.2, 0) is 6.54 Å². The third-order valence-corrected chi connectivity index (χ3v) is 5.60. The predicted octanol–water partition coefficient (Wildman–Crippen LogP) is 2.84. The zero-order valence-electron chi connectivity index (χ0n) is 14.3. The first kappa shape index (κ1) is 15.2. The van der Waals surface area contributed by atoms with Crippen molar-refractivity contribution < 1.29 is 0 Å². The molecule has 1 atom stereocenters. The number of nitrogens with zero attached hydrogens (tertiary/aromatic N) is 3. The maximum atomic E-state index is 4.84.